The lowest BCUT2D eigenvalue weighted by Crippen LogP contribution is -2.50. The first-order valence-electron chi connectivity index (χ1n) is 11.8. The van der Waals surface area contributed by atoms with Crippen LogP contribution < -0.4 is 20.3 Å². The van der Waals surface area contributed by atoms with Crippen LogP contribution in [0.3, 0.4) is 0 Å². The van der Waals surface area contributed by atoms with Gasteiger partial charge in [-0.1, -0.05) is 30.3 Å². The number of piperidine rings is 1. The molecule has 2 aromatic carbocycles. The van der Waals surface area contributed by atoms with Crippen molar-refractivity contribution in [2.24, 2.45) is 5.92 Å². The summed E-state index contributed by atoms with van der Waals surface area (Å²) >= 11 is 0. The number of urea groups is 1. The number of amides is 2. The van der Waals surface area contributed by atoms with E-state index in [0.717, 1.165) is 12.1 Å². The first kappa shape index (κ1) is 23.9. The number of aromatic nitrogens is 1. The van der Waals surface area contributed by atoms with Gasteiger partial charge in [0.2, 0.25) is 10.0 Å². The second-order valence-corrected chi connectivity index (χ2v) is 11.0. The number of sulfonamides is 1. The largest absolute Gasteiger partial charge is 0.497 e. The van der Waals surface area contributed by atoms with Gasteiger partial charge in [0.1, 0.15) is 11.4 Å². The Bertz CT molecular complexity index is 1420. The van der Waals surface area contributed by atoms with Crippen LogP contribution in [0.4, 0.5) is 16.2 Å². The molecule has 1 fully saturated rings. The predicted molar refractivity (Wildman–Crippen MR) is 138 cm³/mol. The van der Waals surface area contributed by atoms with E-state index in [1.54, 1.807) is 71.2 Å². The number of anilines is 2. The Balaban J connectivity index is 1.30. The Morgan fingerprint density at radius 1 is 1.00 bits per heavy atom. The maximum absolute atomic E-state index is 13.2. The van der Waals surface area contributed by atoms with Crippen LogP contribution >= 0.6 is 0 Å². The molecule has 2 N–H and O–H groups in total. The van der Waals surface area contributed by atoms with E-state index in [1.165, 1.54) is 6.07 Å². The summed E-state index contributed by atoms with van der Waals surface area (Å²) in [6, 6.07) is 19.1. The highest BCUT2D eigenvalue weighted by molar-refractivity contribution is 7.91. The molecule has 0 spiro atoms. The number of carbonyl (C=O) groups excluding carboxylic acids is 1. The van der Waals surface area contributed by atoms with Crippen molar-refractivity contribution in [3.63, 3.8) is 0 Å². The summed E-state index contributed by atoms with van der Waals surface area (Å²) in [7, 11) is -2.15. The van der Waals surface area contributed by atoms with Crippen LogP contribution in [0.25, 0.3) is 0 Å². The number of benzene rings is 2. The fraction of sp³-hybridized carbons (Fsp3) is 0.308. The number of nitrogens with one attached hydrogen (secondary N) is 2. The van der Waals surface area contributed by atoms with E-state index in [0.29, 0.717) is 36.6 Å². The smallest absolute Gasteiger partial charge is 0.321 e. The molecule has 1 saturated heterocycles. The summed E-state index contributed by atoms with van der Waals surface area (Å²) in [5.74, 6) is 0.608. The van der Waals surface area contributed by atoms with Gasteiger partial charge < -0.3 is 19.5 Å². The van der Waals surface area contributed by atoms with Crippen LogP contribution in [0, 0.1) is 5.92 Å². The molecule has 0 radical (unpaired) electrons. The summed E-state index contributed by atoms with van der Waals surface area (Å²) in [4.78, 5) is 27.9. The van der Waals surface area contributed by atoms with Gasteiger partial charge in [0, 0.05) is 36.9 Å². The molecule has 0 saturated carbocycles. The van der Waals surface area contributed by atoms with Crippen LogP contribution in [0.15, 0.2) is 71.5 Å². The van der Waals surface area contributed by atoms with Crippen LogP contribution in [0.2, 0.25) is 0 Å². The minimum atomic E-state index is -3.74. The molecule has 3 aromatic rings. The number of methoxy groups -OCH3 is 1. The molecule has 9 nitrogen and oxygen atoms in total. The second-order valence-electron chi connectivity index (χ2n) is 9.30. The molecular formula is C26H28N4O5S. The highest BCUT2D eigenvalue weighted by Gasteiger charge is 2.37. The molecule has 2 aliphatic heterocycles. The summed E-state index contributed by atoms with van der Waals surface area (Å²) < 4.78 is 34.6. The number of rotatable bonds is 6. The highest BCUT2D eigenvalue weighted by Crippen LogP contribution is 2.35. The van der Waals surface area contributed by atoms with Gasteiger partial charge in [-0.15, -0.1) is 0 Å². The number of pyridine rings is 1. The summed E-state index contributed by atoms with van der Waals surface area (Å²) in [5.41, 5.74) is 1.84. The van der Waals surface area contributed by atoms with E-state index >= 15 is 0 Å². The van der Waals surface area contributed by atoms with E-state index in [1.807, 2.05) is 6.07 Å². The van der Waals surface area contributed by atoms with Crippen molar-refractivity contribution in [1.29, 1.82) is 0 Å². The third-order valence-corrected chi connectivity index (χ3v) is 7.94. The van der Waals surface area contributed by atoms with Gasteiger partial charge in [0.15, 0.2) is 0 Å². The lowest BCUT2D eigenvalue weighted by molar-refractivity contribution is 0.139. The Labute approximate surface area is 209 Å². The minimum Gasteiger partial charge on any atom is -0.497 e. The van der Waals surface area contributed by atoms with Crippen molar-refractivity contribution in [2.45, 2.75) is 24.6 Å². The number of likely N-dealkylation sites (tertiary alicyclic amines) is 1. The van der Waals surface area contributed by atoms with E-state index in [-0.39, 0.29) is 34.9 Å². The quantitative estimate of drug-likeness (QED) is 0.530. The lowest BCUT2D eigenvalue weighted by atomic mass is 9.83. The molecule has 0 unspecified atom stereocenters. The van der Waals surface area contributed by atoms with Crippen molar-refractivity contribution in [2.75, 3.05) is 30.2 Å². The Morgan fingerprint density at radius 2 is 1.75 bits per heavy atom. The maximum Gasteiger partial charge on any atom is 0.321 e. The molecular weight excluding hydrogens is 480 g/mol. The summed E-state index contributed by atoms with van der Waals surface area (Å²) in [6.07, 6.45) is 0.880. The molecule has 10 heteroatoms. The molecule has 2 amide bonds. The van der Waals surface area contributed by atoms with Crippen LogP contribution in [0.5, 0.6) is 5.75 Å². The topological polar surface area (TPSA) is 110 Å². The van der Waals surface area contributed by atoms with E-state index in [4.69, 9.17) is 4.74 Å². The average Bonchev–Trinajstić information content (AvgIpc) is 2.86. The Hall–Kier alpha value is -3.79. The Kier molecular flexibility index (Phi) is 6.44. The van der Waals surface area contributed by atoms with Gasteiger partial charge in [0.25, 0.3) is 5.56 Å². The molecule has 1 aromatic heterocycles. The normalized spacial score (nSPS) is 18.8. The number of hydrogen-bond donors (Lipinski definition) is 2. The molecule has 2 atom stereocenters. The van der Waals surface area contributed by atoms with Crippen LogP contribution in [0.1, 0.15) is 23.6 Å². The van der Waals surface area contributed by atoms with E-state index in [2.05, 4.69) is 10.0 Å². The molecule has 5 rings (SSSR count). The van der Waals surface area contributed by atoms with Gasteiger partial charge >= 0.3 is 6.03 Å². The van der Waals surface area contributed by atoms with E-state index in [9.17, 15) is 18.0 Å². The second kappa shape index (κ2) is 9.69. The van der Waals surface area contributed by atoms with Crippen LogP contribution in [-0.4, -0.2) is 44.1 Å². The monoisotopic (exact) mass is 508 g/mol. The highest BCUT2D eigenvalue weighted by atomic mass is 32.2. The van der Waals surface area contributed by atoms with Gasteiger partial charge in [-0.2, -0.15) is 0 Å². The van der Waals surface area contributed by atoms with Gasteiger partial charge in [-0.3, -0.25) is 9.52 Å². The fourth-order valence-corrected chi connectivity index (χ4v) is 6.26. The van der Waals surface area contributed by atoms with Crippen LogP contribution in [-0.2, 0) is 22.3 Å². The minimum absolute atomic E-state index is 0.00166. The predicted octanol–water partition coefficient (Wildman–Crippen LogP) is 3.45. The molecule has 188 valence electrons. The first-order chi connectivity index (χ1) is 17.3. The van der Waals surface area contributed by atoms with Gasteiger partial charge in [0.05, 0.1) is 12.9 Å². The SMILES string of the molecule is COc1ccc(NC(=O)N2C[C@@H]3C[C@H](C2)c2ccc(NS(=O)(=O)Cc4ccccc4)c(=O)n2C3)cc1. The average molecular weight is 509 g/mol. The summed E-state index contributed by atoms with van der Waals surface area (Å²) in [6.45, 7) is 1.44. The number of ether oxygens (including phenoxy) is 1. The standard InChI is InChI=1S/C26H28N4O5S/c1-35-22-9-7-21(8-10-22)27-26(32)29-14-19-13-20(16-29)24-12-11-23(25(31)30(24)15-19)28-36(33,34)17-18-5-3-2-4-6-18/h2-12,19-20,28H,13-17H2,1H3,(H,27,32)/t19-,20+/m0/s1. The molecule has 2 bridgehead atoms. The molecule has 36 heavy (non-hydrogen) atoms. The van der Waals surface area contributed by atoms with Crippen molar-refractivity contribution >= 4 is 27.4 Å². The van der Waals surface area contributed by atoms with Gasteiger partial charge in [-0.25, -0.2) is 13.2 Å². The molecule has 3 heterocycles. The third kappa shape index (κ3) is 5.08. The summed E-state index contributed by atoms with van der Waals surface area (Å²) in [5, 5.41) is 2.93. The van der Waals surface area contributed by atoms with Crippen molar-refractivity contribution < 1.29 is 17.9 Å². The maximum atomic E-state index is 13.2. The zero-order valence-electron chi connectivity index (χ0n) is 19.9. The number of fused-ring (bicyclic) bond motifs is 4. The van der Waals surface area contributed by atoms with Crippen molar-refractivity contribution in [3.8, 4) is 5.75 Å². The fourth-order valence-electron chi connectivity index (χ4n) is 5.06. The number of hydrogen-bond acceptors (Lipinski definition) is 5. The van der Waals surface area contributed by atoms with Gasteiger partial charge in [-0.05, 0) is 54.3 Å². The third-order valence-electron chi connectivity index (χ3n) is 6.70. The zero-order chi connectivity index (χ0) is 25.3. The molecule has 2 aliphatic rings. The molecule has 0 aliphatic carbocycles. The first-order valence-corrected chi connectivity index (χ1v) is 13.4. The lowest BCUT2D eigenvalue weighted by Gasteiger charge is -2.42. The van der Waals surface area contributed by atoms with Crippen molar-refractivity contribution in [1.82, 2.24) is 9.47 Å². The Morgan fingerprint density at radius 3 is 2.47 bits per heavy atom. The number of nitrogens with zero attached hydrogens (tertiary/aromatic N) is 2. The van der Waals surface area contributed by atoms with Crippen molar-refractivity contribution in [3.05, 3.63) is 88.3 Å². The zero-order valence-corrected chi connectivity index (χ0v) is 20.7. The number of carbonyl (C=O) groups is 1. The van der Waals surface area contributed by atoms with E-state index < -0.39 is 10.0 Å².